The molecule has 0 saturated heterocycles. The van der Waals surface area contributed by atoms with E-state index in [4.69, 9.17) is 38.9 Å². The minimum absolute atomic E-state index is 0.0306. The summed E-state index contributed by atoms with van der Waals surface area (Å²) >= 11 is 0. The molecule has 0 bridgehead atoms. The van der Waals surface area contributed by atoms with Crippen molar-refractivity contribution in [2.75, 3.05) is 52.8 Å². The molecule has 0 heterocycles. The second-order valence-corrected chi connectivity index (χ2v) is 11.4. The van der Waals surface area contributed by atoms with Crippen LogP contribution < -0.4 is 11.1 Å². The van der Waals surface area contributed by atoms with Crippen LogP contribution in [0.3, 0.4) is 0 Å². The minimum Gasteiger partial charge on any atom is -0.461 e. The van der Waals surface area contributed by atoms with Crippen molar-refractivity contribution in [2.45, 2.75) is 77.9 Å². The first-order valence-electron chi connectivity index (χ1n) is 14.2. The van der Waals surface area contributed by atoms with Gasteiger partial charge in [-0.1, -0.05) is 30.3 Å². The molecule has 13 heteroatoms. The fourth-order valence-electron chi connectivity index (χ4n) is 3.29. The highest BCUT2D eigenvalue weighted by atomic mass is 16.6. The Morgan fingerprint density at radius 2 is 1.30 bits per heavy atom. The Hall–Kier alpha value is -3.10. The molecule has 0 aromatic heterocycles. The molecule has 0 spiro atoms. The van der Waals surface area contributed by atoms with Crippen molar-refractivity contribution in [3.8, 4) is 0 Å². The number of hydrogen-bond acceptors (Lipinski definition) is 12. The van der Waals surface area contributed by atoms with Crippen LogP contribution in [0.1, 0.15) is 53.5 Å². The number of Topliss-reactive ketones (excluding diaryl/α,β-unsaturated/α-hetero) is 1. The highest BCUT2D eigenvalue weighted by Gasteiger charge is 2.39. The molecule has 0 aliphatic rings. The highest BCUT2D eigenvalue weighted by Crippen LogP contribution is 2.15. The third-order valence-corrected chi connectivity index (χ3v) is 5.05. The van der Waals surface area contributed by atoms with Crippen molar-refractivity contribution in [1.29, 1.82) is 0 Å². The Labute approximate surface area is 254 Å². The molecule has 0 aliphatic heterocycles. The van der Waals surface area contributed by atoms with Crippen LogP contribution in [0.4, 0.5) is 4.79 Å². The third kappa shape index (κ3) is 18.9. The lowest BCUT2D eigenvalue weighted by Gasteiger charge is -2.27. The zero-order valence-corrected chi connectivity index (χ0v) is 26.2. The van der Waals surface area contributed by atoms with Gasteiger partial charge in [0.15, 0.2) is 5.78 Å². The number of alkyl carbamates (subject to hydrolysis) is 1. The molecule has 43 heavy (non-hydrogen) atoms. The van der Waals surface area contributed by atoms with Crippen LogP contribution >= 0.6 is 0 Å². The second-order valence-electron chi connectivity index (χ2n) is 11.4. The average molecular weight is 613 g/mol. The van der Waals surface area contributed by atoms with E-state index in [9.17, 15) is 19.2 Å². The summed E-state index contributed by atoms with van der Waals surface area (Å²) in [5, 5.41) is 2.38. The summed E-state index contributed by atoms with van der Waals surface area (Å²) in [6, 6.07) is 7.44. The topological polar surface area (TPSA) is 171 Å². The summed E-state index contributed by atoms with van der Waals surface area (Å²) in [5.41, 5.74) is 4.26. The van der Waals surface area contributed by atoms with E-state index >= 15 is 0 Å². The van der Waals surface area contributed by atoms with Gasteiger partial charge in [0.2, 0.25) is 6.10 Å². The van der Waals surface area contributed by atoms with E-state index in [-0.39, 0.29) is 26.4 Å². The van der Waals surface area contributed by atoms with E-state index in [1.807, 2.05) is 6.07 Å². The molecule has 244 valence electrons. The molecule has 13 nitrogen and oxygen atoms in total. The molecule has 2 atom stereocenters. The van der Waals surface area contributed by atoms with E-state index in [1.165, 1.54) is 0 Å². The van der Waals surface area contributed by atoms with Crippen molar-refractivity contribution in [1.82, 2.24) is 5.32 Å². The number of benzene rings is 1. The monoisotopic (exact) mass is 612 g/mol. The van der Waals surface area contributed by atoms with Crippen LogP contribution in [0, 0.1) is 0 Å². The Morgan fingerprint density at radius 3 is 1.84 bits per heavy atom. The molecule has 0 radical (unpaired) electrons. The van der Waals surface area contributed by atoms with Gasteiger partial charge < -0.3 is 44.2 Å². The molecule has 0 fully saturated rings. The number of rotatable bonds is 20. The summed E-state index contributed by atoms with van der Waals surface area (Å²) in [5.74, 6) is -2.66. The standard InChI is InChI=1S/C30H48N2O11/c1-29(2,3)42-27(35)26(40-19-18-39-17-16-38-15-14-37-13-12-31)25(34)23(32-28(36)43-30(4,5)6)20-24(33)41-21-22-10-8-7-9-11-22/h7-11,23,26H,12-21,31H2,1-6H3,(H,32,36)/t23-,26?/m0/s1. The van der Waals surface area contributed by atoms with E-state index in [0.29, 0.717) is 33.0 Å². The Kier molecular flexibility index (Phi) is 17.6. The van der Waals surface area contributed by atoms with Crippen LogP contribution in [0.25, 0.3) is 0 Å². The van der Waals surface area contributed by atoms with Gasteiger partial charge in [0, 0.05) is 6.54 Å². The summed E-state index contributed by atoms with van der Waals surface area (Å²) in [6.45, 7) is 11.9. The number of esters is 2. The number of nitrogens with one attached hydrogen (secondary N) is 1. The van der Waals surface area contributed by atoms with Gasteiger partial charge in [-0.05, 0) is 47.1 Å². The lowest BCUT2D eigenvalue weighted by Crippen LogP contribution is -2.52. The van der Waals surface area contributed by atoms with Crippen molar-refractivity contribution in [2.24, 2.45) is 5.73 Å². The normalized spacial score (nSPS) is 13.1. The molecule has 1 unspecified atom stereocenters. The number of ether oxygens (including phenoxy) is 7. The molecule has 1 amide bonds. The number of hydrogen-bond donors (Lipinski definition) is 2. The fourth-order valence-corrected chi connectivity index (χ4v) is 3.29. The number of carbonyl (C=O) groups excluding carboxylic acids is 4. The van der Waals surface area contributed by atoms with E-state index in [1.54, 1.807) is 65.8 Å². The van der Waals surface area contributed by atoms with Crippen molar-refractivity contribution in [3.05, 3.63) is 35.9 Å². The summed E-state index contributed by atoms with van der Waals surface area (Å²) in [7, 11) is 0. The maximum absolute atomic E-state index is 13.6. The van der Waals surface area contributed by atoms with Crippen molar-refractivity contribution >= 4 is 23.8 Å². The van der Waals surface area contributed by atoms with Crippen LogP contribution in [-0.4, -0.2) is 100.0 Å². The SMILES string of the molecule is CC(C)(C)OC(=O)N[C@@H](CC(=O)OCc1ccccc1)C(=O)C(OCCOCCOCCOCCN)C(=O)OC(C)(C)C. The van der Waals surface area contributed by atoms with Gasteiger partial charge in [-0.15, -0.1) is 0 Å². The van der Waals surface area contributed by atoms with Gasteiger partial charge in [0.05, 0.1) is 52.7 Å². The fraction of sp³-hybridized carbons (Fsp3) is 0.667. The molecular weight excluding hydrogens is 564 g/mol. The molecule has 0 aliphatic carbocycles. The van der Waals surface area contributed by atoms with Crippen molar-refractivity contribution in [3.63, 3.8) is 0 Å². The highest BCUT2D eigenvalue weighted by molar-refractivity contribution is 6.06. The Balaban J connectivity index is 2.88. The predicted octanol–water partition coefficient (Wildman–Crippen LogP) is 2.32. The summed E-state index contributed by atoms with van der Waals surface area (Å²) in [4.78, 5) is 51.9. The smallest absolute Gasteiger partial charge is 0.408 e. The molecule has 3 N–H and O–H groups in total. The lowest BCUT2D eigenvalue weighted by atomic mass is 10.0. The first-order valence-corrected chi connectivity index (χ1v) is 14.2. The maximum atomic E-state index is 13.6. The van der Waals surface area contributed by atoms with Gasteiger partial charge in [0.1, 0.15) is 23.9 Å². The van der Waals surface area contributed by atoms with Gasteiger partial charge >= 0.3 is 18.0 Å². The minimum atomic E-state index is -1.76. The van der Waals surface area contributed by atoms with Crippen molar-refractivity contribution < 1.29 is 52.3 Å². The van der Waals surface area contributed by atoms with Crippen LogP contribution in [0.15, 0.2) is 30.3 Å². The Morgan fingerprint density at radius 1 is 0.767 bits per heavy atom. The molecule has 1 aromatic rings. The summed E-state index contributed by atoms with van der Waals surface area (Å²) < 4.78 is 37.6. The van der Waals surface area contributed by atoms with Crippen LogP contribution in [-0.2, 0) is 54.1 Å². The van der Waals surface area contributed by atoms with E-state index in [2.05, 4.69) is 5.32 Å². The largest absolute Gasteiger partial charge is 0.461 e. The number of nitrogens with two attached hydrogens (primary N) is 1. The number of carbonyl (C=O) groups is 4. The van der Waals surface area contributed by atoms with Crippen LogP contribution in [0.5, 0.6) is 0 Å². The van der Waals surface area contributed by atoms with Gasteiger partial charge in [0.25, 0.3) is 0 Å². The van der Waals surface area contributed by atoms with Crippen LogP contribution in [0.2, 0.25) is 0 Å². The predicted molar refractivity (Wildman–Crippen MR) is 156 cm³/mol. The zero-order valence-electron chi connectivity index (χ0n) is 26.2. The van der Waals surface area contributed by atoms with Gasteiger partial charge in [-0.3, -0.25) is 9.59 Å². The second kappa shape index (κ2) is 20.0. The maximum Gasteiger partial charge on any atom is 0.408 e. The average Bonchev–Trinajstić information content (AvgIpc) is 2.90. The van der Waals surface area contributed by atoms with Gasteiger partial charge in [-0.2, -0.15) is 0 Å². The molecule has 1 aromatic carbocycles. The molecule has 1 rings (SSSR count). The number of amides is 1. The zero-order chi connectivity index (χ0) is 32.3. The van der Waals surface area contributed by atoms with E-state index in [0.717, 1.165) is 5.56 Å². The lowest BCUT2D eigenvalue weighted by molar-refractivity contribution is -0.173. The first kappa shape index (κ1) is 37.9. The molecule has 0 saturated carbocycles. The molecular formula is C30H48N2O11. The Bertz CT molecular complexity index is 975. The van der Waals surface area contributed by atoms with E-state index < -0.39 is 53.6 Å². The van der Waals surface area contributed by atoms with Gasteiger partial charge in [-0.25, -0.2) is 9.59 Å². The summed E-state index contributed by atoms with van der Waals surface area (Å²) in [6.07, 6.45) is -3.29. The quantitative estimate of drug-likeness (QED) is 0.0955. The number of ketones is 1. The first-order chi connectivity index (χ1) is 20.2. The third-order valence-electron chi connectivity index (χ3n) is 5.05.